The van der Waals surface area contributed by atoms with Crippen LogP contribution < -0.4 is 0 Å². The summed E-state index contributed by atoms with van der Waals surface area (Å²) in [5.41, 5.74) is 1.57. The van der Waals surface area contributed by atoms with Crippen LogP contribution in [0.15, 0.2) is 18.2 Å². The van der Waals surface area contributed by atoms with Crippen LogP contribution in [-0.2, 0) is 14.3 Å². The minimum atomic E-state index is -1.09. The minimum Gasteiger partial charge on any atom is -0.479 e. The van der Waals surface area contributed by atoms with Crippen molar-refractivity contribution in [3.05, 3.63) is 34.3 Å². The highest BCUT2D eigenvalue weighted by atomic mass is 35.5. The fourth-order valence-electron chi connectivity index (χ4n) is 2.38. The molecule has 6 heteroatoms. The summed E-state index contributed by atoms with van der Waals surface area (Å²) in [6, 6.07) is 4.63. The number of morpholine rings is 1. The molecule has 2 unspecified atom stereocenters. The van der Waals surface area contributed by atoms with E-state index in [1.165, 1.54) is 4.90 Å². The zero-order chi connectivity index (χ0) is 14.9. The van der Waals surface area contributed by atoms with Crippen molar-refractivity contribution in [1.29, 1.82) is 0 Å². The molecule has 5 nitrogen and oxygen atoms in total. The molecule has 1 aromatic carbocycles. The number of halogens is 1. The third-order valence-electron chi connectivity index (χ3n) is 3.45. The number of amides is 1. The summed E-state index contributed by atoms with van der Waals surface area (Å²) in [6.45, 7) is 3.88. The summed E-state index contributed by atoms with van der Waals surface area (Å²) >= 11 is 6.10. The van der Waals surface area contributed by atoms with Gasteiger partial charge >= 0.3 is 5.97 Å². The number of aliphatic carboxylic acids is 1. The maximum Gasteiger partial charge on any atom is 0.335 e. The molecule has 1 N–H and O–H groups in total. The Morgan fingerprint density at radius 1 is 1.55 bits per heavy atom. The van der Waals surface area contributed by atoms with Crippen molar-refractivity contribution in [3.63, 3.8) is 0 Å². The lowest BCUT2D eigenvalue weighted by Gasteiger charge is -2.39. The molecular formula is C14H16ClNO4. The van der Waals surface area contributed by atoms with E-state index in [-0.39, 0.29) is 12.5 Å². The molecule has 1 aliphatic heterocycles. The summed E-state index contributed by atoms with van der Waals surface area (Å²) in [7, 11) is 0. The quantitative estimate of drug-likeness (QED) is 0.927. The van der Waals surface area contributed by atoms with Gasteiger partial charge in [0.2, 0.25) is 5.91 Å². The van der Waals surface area contributed by atoms with Crippen molar-refractivity contribution in [2.75, 3.05) is 13.2 Å². The van der Waals surface area contributed by atoms with E-state index in [1.807, 2.05) is 19.9 Å². The van der Waals surface area contributed by atoms with Crippen LogP contribution in [0.1, 0.15) is 24.1 Å². The Labute approximate surface area is 122 Å². The molecule has 1 aliphatic rings. The molecule has 0 aromatic heterocycles. The van der Waals surface area contributed by atoms with Gasteiger partial charge in [-0.05, 0) is 31.0 Å². The molecule has 0 saturated carbocycles. The number of nitrogens with zero attached hydrogens (tertiary/aromatic N) is 1. The molecule has 2 rings (SSSR count). The average Bonchev–Trinajstić information content (AvgIpc) is 2.41. The molecule has 0 radical (unpaired) electrons. The molecule has 20 heavy (non-hydrogen) atoms. The lowest BCUT2D eigenvalue weighted by molar-refractivity contribution is -0.172. The summed E-state index contributed by atoms with van der Waals surface area (Å²) in [4.78, 5) is 24.8. The standard InChI is InChI=1S/C14H16ClNO4/c1-3-16-11(17)7-20-13(14(18)19)12(16)9-5-4-8(2)10(15)6-9/h4-6,12-13H,3,7H2,1-2H3,(H,18,19). The first-order chi connectivity index (χ1) is 9.45. The Hall–Kier alpha value is -1.59. The number of ether oxygens (including phenoxy) is 1. The third kappa shape index (κ3) is 2.64. The largest absolute Gasteiger partial charge is 0.479 e. The number of carboxylic acids is 1. The maximum absolute atomic E-state index is 11.9. The predicted octanol–water partition coefficient (Wildman–Crippen LogP) is 2.02. The Morgan fingerprint density at radius 3 is 2.80 bits per heavy atom. The zero-order valence-corrected chi connectivity index (χ0v) is 12.1. The normalized spacial score (nSPS) is 22.9. The first kappa shape index (κ1) is 14.8. The van der Waals surface area contributed by atoms with E-state index in [4.69, 9.17) is 16.3 Å². The Morgan fingerprint density at radius 2 is 2.25 bits per heavy atom. The van der Waals surface area contributed by atoms with E-state index in [9.17, 15) is 14.7 Å². The van der Waals surface area contributed by atoms with Gasteiger partial charge in [-0.25, -0.2) is 4.79 Å². The summed E-state index contributed by atoms with van der Waals surface area (Å²) in [6.07, 6.45) is -1.08. The van der Waals surface area contributed by atoms with Crippen molar-refractivity contribution in [2.24, 2.45) is 0 Å². The molecule has 1 heterocycles. The molecule has 1 fully saturated rings. The topological polar surface area (TPSA) is 66.8 Å². The first-order valence-electron chi connectivity index (χ1n) is 6.35. The van der Waals surface area contributed by atoms with Gasteiger partial charge in [0.25, 0.3) is 0 Å². The van der Waals surface area contributed by atoms with Gasteiger partial charge in [-0.2, -0.15) is 0 Å². The van der Waals surface area contributed by atoms with Gasteiger partial charge in [0.15, 0.2) is 6.10 Å². The van der Waals surface area contributed by atoms with Gasteiger partial charge in [-0.1, -0.05) is 23.7 Å². The van der Waals surface area contributed by atoms with Gasteiger partial charge < -0.3 is 14.7 Å². The molecule has 0 spiro atoms. The zero-order valence-electron chi connectivity index (χ0n) is 11.3. The Balaban J connectivity index is 2.46. The first-order valence-corrected chi connectivity index (χ1v) is 6.73. The Bertz CT molecular complexity index is 544. The van der Waals surface area contributed by atoms with Crippen LogP contribution >= 0.6 is 11.6 Å². The smallest absolute Gasteiger partial charge is 0.335 e. The van der Waals surface area contributed by atoms with Crippen molar-refractivity contribution in [3.8, 4) is 0 Å². The molecule has 2 atom stereocenters. The Kier molecular flexibility index (Phi) is 4.30. The van der Waals surface area contributed by atoms with Crippen molar-refractivity contribution in [1.82, 2.24) is 4.90 Å². The predicted molar refractivity (Wildman–Crippen MR) is 73.7 cm³/mol. The average molecular weight is 298 g/mol. The number of hydrogen-bond donors (Lipinski definition) is 1. The van der Waals surface area contributed by atoms with Gasteiger partial charge in [0.1, 0.15) is 6.61 Å². The second-order valence-electron chi connectivity index (χ2n) is 4.70. The van der Waals surface area contributed by atoms with Gasteiger partial charge in [-0.3, -0.25) is 4.79 Å². The highest BCUT2D eigenvalue weighted by Gasteiger charge is 2.41. The molecule has 0 aliphatic carbocycles. The number of carbonyl (C=O) groups excluding carboxylic acids is 1. The number of rotatable bonds is 3. The van der Waals surface area contributed by atoms with Crippen LogP contribution in [0.5, 0.6) is 0 Å². The third-order valence-corrected chi connectivity index (χ3v) is 3.86. The summed E-state index contributed by atoms with van der Waals surface area (Å²) < 4.78 is 5.19. The number of aryl methyl sites for hydroxylation is 1. The highest BCUT2D eigenvalue weighted by molar-refractivity contribution is 6.31. The van der Waals surface area contributed by atoms with E-state index in [0.717, 1.165) is 5.56 Å². The van der Waals surface area contributed by atoms with E-state index in [1.54, 1.807) is 12.1 Å². The molecule has 1 saturated heterocycles. The fraction of sp³-hybridized carbons (Fsp3) is 0.429. The SMILES string of the molecule is CCN1C(=O)COC(C(=O)O)C1c1ccc(C)c(Cl)c1. The van der Waals surface area contributed by atoms with Gasteiger partial charge in [0.05, 0.1) is 6.04 Å². The lowest BCUT2D eigenvalue weighted by Crippen LogP contribution is -2.51. The summed E-state index contributed by atoms with van der Waals surface area (Å²) in [5, 5.41) is 9.84. The van der Waals surface area contributed by atoms with E-state index in [2.05, 4.69) is 0 Å². The molecular weight excluding hydrogens is 282 g/mol. The van der Waals surface area contributed by atoms with Crippen LogP contribution in [0, 0.1) is 6.92 Å². The summed E-state index contributed by atoms with van der Waals surface area (Å²) in [5.74, 6) is -1.30. The van der Waals surface area contributed by atoms with Crippen molar-refractivity contribution >= 4 is 23.5 Å². The van der Waals surface area contributed by atoms with Crippen molar-refractivity contribution in [2.45, 2.75) is 26.0 Å². The number of hydrogen-bond acceptors (Lipinski definition) is 3. The second kappa shape index (κ2) is 5.81. The number of likely N-dealkylation sites (N-methyl/N-ethyl adjacent to an activating group) is 1. The van der Waals surface area contributed by atoms with E-state index < -0.39 is 18.1 Å². The van der Waals surface area contributed by atoms with Crippen LogP contribution in [0.25, 0.3) is 0 Å². The monoisotopic (exact) mass is 297 g/mol. The van der Waals surface area contributed by atoms with Crippen LogP contribution in [0.3, 0.4) is 0 Å². The molecule has 108 valence electrons. The van der Waals surface area contributed by atoms with E-state index in [0.29, 0.717) is 17.1 Å². The number of carboxylic acid groups (broad SMARTS) is 1. The highest BCUT2D eigenvalue weighted by Crippen LogP contribution is 2.32. The molecule has 0 bridgehead atoms. The van der Waals surface area contributed by atoms with Crippen LogP contribution in [0.2, 0.25) is 5.02 Å². The fourth-order valence-corrected chi connectivity index (χ4v) is 2.57. The molecule has 1 amide bonds. The van der Waals surface area contributed by atoms with Crippen LogP contribution in [-0.4, -0.2) is 41.1 Å². The number of benzene rings is 1. The van der Waals surface area contributed by atoms with Gasteiger partial charge in [0, 0.05) is 11.6 Å². The van der Waals surface area contributed by atoms with E-state index >= 15 is 0 Å². The number of carbonyl (C=O) groups is 2. The molecule has 1 aromatic rings. The van der Waals surface area contributed by atoms with Gasteiger partial charge in [-0.15, -0.1) is 0 Å². The maximum atomic E-state index is 11.9. The lowest BCUT2D eigenvalue weighted by atomic mass is 9.97. The minimum absolute atomic E-state index is 0.207. The van der Waals surface area contributed by atoms with Crippen molar-refractivity contribution < 1.29 is 19.4 Å². The van der Waals surface area contributed by atoms with Crippen LogP contribution in [0.4, 0.5) is 0 Å². The second-order valence-corrected chi connectivity index (χ2v) is 5.11.